The summed E-state index contributed by atoms with van der Waals surface area (Å²) in [4.78, 5) is 3.76. The molecule has 1 aliphatic heterocycles. The van der Waals surface area contributed by atoms with E-state index in [9.17, 15) is 4.39 Å². The summed E-state index contributed by atoms with van der Waals surface area (Å²) in [5.74, 6) is -0.273. The number of ether oxygens (including phenoxy) is 1. The number of nitrogens with one attached hydrogen (secondary N) is 1. The van der Waals surface area contributed by atoms with Crippen LogP contribution in [0.25, 0.3) is 0 Å². The summed E-state index contributed by atoms with van der Waals surface area (Å²) in [7, 11) is 1.83. The monoisotopic (exact) mass is 224 g/mol. The van der Waals surface area contributed by atoms with Gasteiger partial charge < -0.3 is 10.1 Å². The highest BCUT2D eigenvalue weighted by Crippen LogP contribution is 2.30. The molecule has 3 atom stereocenters. The van der Waals surface area contributed by atoms with Crippen molar-refractivity contribution < 1.29 is 9.13 Å². The lowest BCUT2D eigenvalue weighted by Gasteiger charge is -2.23. The van der Waals surface area contributed by atoms with Crippen LogP contribution in [0, 0.1) is 5.82 Å². The highest BCUT2D eigenvalue weighted by molar-refractivity contribution is 5.19. The van der Waals surface area contributed by atoms with Crippen LogP contribution in [0.4, 0.5) is 4.39 Å². The van der Waals surface area contributed by atoms with Gasteiger partial charge in [0.15, 0.2) is 0 Å². The predicted molar refractivity (Wildman–Crippen MR) is 59.6 cm³/mol. The Bertz CT molecular complexity index is 359. The zero-order chi connectivity index (χ0) is 11.5. The molecule has 1 fully saturated rings. The fourth-order valence-corrected chi connectivity index (χ4v) is 2.26. The van der Waals surface area contributed by atoms with Crippen molar-refractivity contribution in [2.24, 2.45) is 0 Å². The summed E-state index contributed by atoms with van der Waals surface area (Å²) >= 11 is 0. The first-order valence-corrected chi connectivity index (χ1v) is 5.64. The van der Waals surface area contributed by atoms with E-state index in [0.717, 1.165) is 12.8 Å². The number of nitrogens with zero attached hydrogens (tertiary/aromatic N) is 1. The molecule has 0 bridgehead atoms. The van der Waals surface area contributed by atoms with Crippen molar-refractivity contribution in [3.05, 3.63) is 29.8 Å². The third kappa shape index (κ3) is 2.23. The average Bonchev–Trinajstić information content (AvgIpc) is 2.69. The lowest BCUT2D eigenvalue weighted by atomic mass is 10.00. The third-order valence-corrected chi connectivity index (χ3v) is 3.09. The molecule has 0 aromatic carbocycles. The van der Waals surface area contributed by atoms with Gasteiger partial charge in [-0.25, -0.2) is 4.39 Å². The van der Waals surface area contributed by atoms with Gasteiger partial charge in [0.25, 0.3) is 0 Å². The van der Waals surface area contributed by atoms with Gasteiger partial charge in [-0.1, -0.05) is 0 Å². The molecule has 0 spiro atoms. The first kappa shape index (κ1) is 11.5. The van der Waals surface area contributed by atoms with E-state index in [-0.39, 0.29) is 24.1 Å². The Balaban J connectivity index is 2.19. The highest BCUT2D eigenvalue weighted by Gasteiger charge is 2.31. The average molecular weight is 224 g/mol. The molecule has 2 heterocycles. The van der Waals surface area contributed by atoms with Crippen molar-refractivity contribution in [1.82, 2.24) is 10.3 Å². The van der Waals surface area contributed by atoms with Gasteiger partial charge in [0.2, 0.25) is 0 Å². The van der Waals surface area contributed by atoms with E-state index in [1.165, 1.54) is 6.20 Å². The molecule has 3 nitrogen and oxygen atoms in total. The first-order chi connectivity index (χ1) is 7.72. The number of rotatable bonds is 3. The number of hydrogen-bond acceptors (Lipinski definition) is 3. The number of likely N-dealkylation sites (N-methyl/N-ethyl adjacent to an activating group) is 1. The molecule has 0 radical (unpaired) electrons. The SMILES string of the molecule is CNC(c1ccncc1F)C1CCC(C)O1. The van der Waals surface area contributed by atoms with Gasteiger partial charge in [0.1, 0.15) is 5.82 Å². The van der Waals surface area contributed by atoms with Crippen LogP contribution in [-0.4, -0.2) is 24.2 Å². The van der Waals surface area contributed by atoms with E-state index in [1.807, 2.05) is 7.05 Å². The molecular weight excluding hydrogens is 207 g/mol. The lowest BCUT2D eigenvalue weighted by molar-refractivity contribution is 0.0325. The van der Waals surface area contributed by atoms with Crippen molar-refractivity contribution >= 4 is 0 Å². The third-order valence-electron chi connectivity index (χ3n) is 3.09. The fourth-order valence-electron chi connectivity index (χ4n) is 2.26. The zero-order valence-corrected chi connectivity index (χ0v) is 9.61. The molecule has 1 aliphatic rings. The summed E-state index contributed by atoms with van der Waals surface area (Å²) in [6.45, 7) is 2.05. The smallest absolute Gasteiger partial charge is 0.146 e. The van der Waals surface area contributed by atoms with E-state index in [1.54, 1.807) is 12.3 Å². The van der Waals surface area contributed by atoms with Gasteiger partial charge in [-0.2, -0.15) is 0 Å². The molecule has 0 aliphatic carbocycles. The maximum absolute atomic E-state index is 13.6. The second kappa shape index (κ2) is 4.89. The lowest BCUT2D eigenvalue weighted by Crippen LogP contribution is -2.30. The van der Waals surface area contributed by atoms with Gasteiger partial charge in [-0.05, 0) is 32.9 Å². The van der Waals surface area contributed by atoms with Crippen LogP contribution in [0.15, 0.2) is 18.5 Å². The maximum Gasteiger partial charge on any atom is 0.146 e. The summed E-state index contributed by atoms with van der Waals surface area (Å²) in [6, 6.07) is 1.62. The molecule has 0 saturated carbocycles. The minimum Gasteiger partial charge on any atom is -0.373 e. The van der Waals surface area contributed by atoms with Crippen molar-refractivity contribution in [2.45, 2.75) is 38.0 Å². The van der Waals surface area contributed by atoms with Gasteiger partial charge in [0.05, 0.1) is 24.4 Å². The number of aromatic nitrogens is 1. The molecule has 0 amide bonds. The summed E-state index contributed by atoms with van der Waals surface area (Å²) in [6.07, 6.45) is 5.19. The zero-order valence-electron chi connectivity index (χ0n) is 9.61. The molecule has 4 heteroatoms. The van der Waals surface area contributed by atoms with Crippen LogP contribution >= 0.6 is 0 Å². The van der Waals surface area contributed by atoms with Crippen LogP contribution in [-0.2, 0) is 4.74 Å². The Morgan fingerprint density at radius 3 is 2.94 bits per heavy atom. The Kier molecular flexibility index (Phi) is 3.51. The number of halogens is 1. The van der Waals surface area contributed by atoms with Gasteiger partial charge in [-0.3, -0.25) is 4.98 Å². The number of hydrogen-bond donors (Lipinski definition) is 1. The fraction of sp³-hybridized carbons (Fsp3) is 0.583. The van der Waals surface area contributed by atoms with Crippen molar-refractivity contribution in [1.29, 1.82) is 0 Å². The molecule has 1 N–H and O–H groups in total. The molecule has 1 saturated heterocycles. The first-order valence-electron chi connectivity index (χ1n) is 5.64. The largest absolute Gasteiger partial charge is 0.373 e. The molecular formula is C12H17FN2O. The van der Waals surface area contributed by atoms with E-state index in [4.69, 9.17) is 4.74 Å². The van der Waals surface area contributed by atoms with Gasteiger partial charge >= 0.3 is 0 Å². The Morgan fingerprint density at radius 1 is 1.56 bits per heavy atom. The van der Waals surface area contributed by atoms with Crippen LogP contribution in [0.1, 0.15) is 31.4 Å². The van der Waals surface area contributed by atoms with Crippen LogP contribution in [0.3, 0.4) is 0 Å². The van der Waals surface area contributed by atoms with Crippen molar-refractivity contribution in [3.63, 3.8) is 0 Å². The predicted octanol–water partition coefficient (Wildman–Crippen LogP) is 2.05. The second-order valence-electron chi connectivity index (χ2n) is 4.23. The minimum atomic E-state index is -0.273. The summed E-state index contributed by atoms with van der Waals surface area (Å²) in [5.41, 5.74) is 0.636. The standard InChI is InChI=1S/C12H17FN2O/c1-8-3-4-11(16-8)12(14-2)9-5-6-15-7-10(9)13/h5-8,11-12,14H,3-4H2,1-2H3. The second-order valence-corrected chi connectivity index (χ2v) is 4.23. The molecule has 16 heavy (non-hydrogen) atoms. The molecule has 1 aromatic heterocycles. The van der Waals surface area contributed by atoms with Crippen LogP contribution in [0.2, 0.25) is 0 Å². The topological polar surface area (TPSA) is 34.2 Å². The molecule has 88 valence electrons. The quantitative estimate of drug-likeness (QED) is 0.853. The summed E-state index contributed by atoms with van der Waals surface area (Å²) < 4.78 is 19.4. The Labute approximate surface area is 95.0 Å². The summed E-state index contributed by atoms with van der Waals surface area (Å²) in [5, 5.41) is 3.13. The van der Waals surface area contributed by atoms with Crippen LogP contribution in [0.5, 0.6) is 0 Å². The van der Waals surface area contributed by atoms with Crippen molar-refractivity contribution in [3.8, 4) is 0 Å². The van der Waals surface area contributed by atoms with Gasteiger partial charge in [-0.15, -0.1) is 0 Å². The van der Waals surface area contributed by atoms with E-state index in [0.29, 0.717) is 5.56 Å². The van der Waals surface area contributed by atoms with E-state index >= 15 is 0 Å². The Morgan fingerprint density at radius 2 is 2.38 bits per heavy atom. The number of pyridine rings is 1. The normalized spacial score (nSPS) is 26.9. The molecule has 3 unspecified atom stereocenters. The van der Waals surface area contributed by atoms with E-state index in [2.05, 4.69) is 17.2 Å². The maximum atomic E-state index is 13.6. The molecule has 1 aromatic rings. The van der Waals surface area contributed by atoms with Crippen LogP contribution < -0.4 is 5.32 Å². The minimum absolute atomic E-state index is 0.0527. The van der Waals surface area contributed by atoms with Crippen molar-refractivity contribution in [2.75, 3.05) is 7.05 Å². The van der Waals surface area contributed by atoms with Gasteiger partial charge in [0, 0.05) is 11.8 Å². The van der Waals surface area contributed by atoms with E-state index < -0.39 is 0 Å². The highest BCUT2D eigenvalue weighted by atomic mass is 19.1. The Hall–Kier alpha value is -1.00. The molecule has 2 rings (SSSR count).